The molecule has 4 rings (SSSR count). The molecule has 1 unspecified atom stereocenters. The van der Waals surface area contributed by atoms with Crippen molar-refractivity contribution in [2.45, 2.75) is 26.3 Å². The van der Waals surface area contributed by atoms with Crippen LogP contribution in [0.2, 0.25) is 0 Å². The van der Waals surface area contributed by atoms with Crippen LogP contribution in [-0.4, -0.2) is 81.8 Å². The summed E-state index contributed by atoms with van der Waals surface area (Å²) >= 11 is 0. The number of likely N-dealkylation sites (N-methyl/N-ethyl adjacent to an activating group) is 1. The smallest absolute Gasteiger partial charge is 0.430 e. The maximum Gasteiger partial charge on any atom is 0.430 e. The summed E-state index contributed by atoms with van der Waals surface area (Å²) in [5, 5.41) is 6.28. The molecule has 0 aromatic heterocycles. The third-order valence-corrected chi connectivity index (χ3v) is 6.47. The Morgan fingerprint density at radius 2 is 1.68 bits per heavy atom. The van der Waals surface area contributed by atoms with Gasteiger partial charge in [-0.3, -0.25) is 0 Å². The van der Waals surface area contributed by atoms with Gasteiger partial charge in [0.15, 0.2) is 11.5 Å². The molecule has 8 nitrogen and oxygen atoms in total. The molecule has 2 heterocycles. The van der Waals surface area contributed by atoms with E-state index in [2.05, 4.69) is 41.1 Å². The first kappa shape index (κ1) is 23.9. The number of carbonyl (C=O) groups is 1. The van der Waals surface area contributed by atoms with Crippen LogP contribution >= 0.6 is 0 Å². The minimum atomic E-state index is -0.451. The maximum absolute atomic E-state index is 12.8. The van der Waals surface area contributed by atoms with Gasteiger partial charge in [0.25, 0.3) is 0 Å². The maximum atomic E-state index is 12.8. The predicted octanol–water partition coefficient (Wildman–Crippen LogP) is 3.61. The van der Waals surface area contributed by atoms with Crippen LogP contribution in [0.4, 0.5) is 10.5 Å². The lowest BCUT2D eigenvalue weighted by Crippen LogP contribution is -2.44. The van der Waals surface area contributed by atoms with Crippen molar-refractivity contribution in [3.63, 3.8) is 0 Å². The first-order valence-corrected chi connectivity index (χ1v) is 11.8. The number of fused-ring (bicyclic) bond motifs is 1. The normalized spacial score (nSPS) is 18.6. The van der Waals surface area contributed by atoms with Crippen LogP contribution in [0.3, 0.4) is 0 Å². The molecule has 0 N–H and O–H groups in total. The molecule has 0 radical (unpaired) electrons. The summed E-state index contributed by atoms with van der Waals surface area (Å²) in [4.78, 5) is 17.5. The summed E-state index contributed by atoms with van der Waals surface area (Å²) in [6.45, 7) is 8.18. The Kier molecular flexibility index (Phi) is 7.26. The molecule has 182 valence electrons. The number of hydrazone groups is 1. The number of hydrogen-bond acceptors (Lipinski definition) is 7. The van der Waals surface area contributed by atoms with E-state index in [-0.39, 0.29) is 6.04 Å². The zero-order valence-corrected chi connectivity index (χ0v) is 20.7. The average Bonchev–Trinajstić information content (AvgIpc) is 2.99. The van der Waals surface area contributed by atoms with E-state index in [1.54, 1.807) is 21.1 Å². The van der Waals surface area contributed by atoms with Gasteiger partial charge in [0, 0.05) is 43.0 Å². The second-order valence-corrected chi connectivity index (χ2v) is 8.75. The van der Waals surface area contributed by atoms with Gasteiger partial charge in [-0.1, -0.05) is 12.1 Å². The van der Waals surface area contributed by atoms with Crippen molar-refractivity contribution in [3.8, 4) is 11.5 Å². The number of piperazine rings is 1. The molecule has 1 atom stereocenters. The van der Waals surface area contributed by atoms with Gasteiger partial charge in [-0.15, -0.1) is 0 Å². The highest BCUT2D eigenvalue weighted by Gasteiger charge is 2.29. The summed E-state index contributed by atoms with van der Waals surface area (Å²) in [5.74, 6) is 1.28. The summed E-state index contributed by atoms with van der Waals surface area (Å²) in [6.07, 6.45) is 0.161. The fraction of sp³-hybridized carbons (Fsp3) is 0.462. The highest BCUT2D eigenvalue weighted by atomic mass is 16.6. The zero-order valence-electron chi connectivity index (χ0n) is 20.7. The fourth-order valence-electron chi connectivity index (χ4n) is 4.49. The van der Waals surface area contributed by atoms with Crippen molar-refractivity contribution >= 4 is 17.5 Å². The number of carbonyl (C=O) groups excluding carboxylic acids is 1. The predicted molar refractivity (Wildman–Crippen MR) is 133 cm³/mol. The van der Waals surface area contributed by atoms with Crippen LogP contribution in [0.5, 0.6) is 11.5 Å². The van der Waals surface area contributed by atoms with Crippen molar-refractivity contribution in [2.24, 2.45) is 5.10 Å². The number of amides is 1. The van der Waals surface area contributed by atoms with Crippen molar-refractivity contribution < 1.29 is 19.0 Å². The molecule has 1 amide bonds. The number of hydrogen-bond donors (Lipinski definition) is 0. The first-order chi connectivity index (χ1) is 16.4. The van der Waals surface area contributed by atoms with E-state index in [0.717, 1.165) is 42.9 Å². The molecular weight excluding hydrogens is 432 g/mol. The molecular formula is C26H34N4O4. The zero-order chi connectivity index (χ0) is 24.2. The Balaban J connectivity index is 1.77. The highest BCUT2D eigenvalue weighted by molar-refractivity contribution is 6.14. The minimum Gasteiger partial charge on any atom is -0.493 e. The number of rotatable bonds is 5. The Bertz CT molecular complexity index is 1050. The van der Waals surface area contributed by atoms with Crippen LogP contribution in [0.1, 0.15) is 30.5 Å². The van der Waals surface area contributed by atoms with Crippen molar-refractivity contribution in [3.05, 3.63) is 53.1 Å². The Hall–Kier alpha value is -3.26. The molecule has 2 aromatic rings. The number of methoxy groups -OCH3 is 2. The van der Waals surface area contributed by atoms with Crippen molar-refractivity contribution in [1.82, 2.24) is 9.91 Å². The molecule has 0 aliphatic carbocycles. The molecule has 2 aromatic carbocycles. The van der Waals surface area contributed by atoms with Crippen LogP contribution in [0.25, 0.3) is 0 Å². The van der Waals surface area contributed by atoms with Gasteiger partial charge in [0.2, 0.25) is 0 Å². The van der Waals surface area contributed by atoms with Gasteiger partial charge in [0.05, 0.1) is 32.6 Å². The summed E-state index contributed by atoms with van der Waals surface area (Å²) in [5.41, 5.74) is 4.78. The van der Waals surface area contributed by atoms with E-state index in [1.807, 2.05) is 19.1 Å². The van der Waals surface area contributed by atoms with Crippen molar-refractivity contribution in [2.75, 3.05) is 59.0 Å². The summed E-state index contributed by atoms with van der Waals surface area (Å²) < 4.78 is 16.4. The van der Waals surface area contributed by atoms with E-state index in [4.69, 9.17) is 19.3 Å². The lowest BCUT2D eigenvalue weighted by molar-refractivity contribution is 0.0951. The van der Waals surface area contributed by atoms with E-state index in [9.17, 15) is 4.79 Å². The third kappa shape index (κ3) is 4.82. The monoisotopic (exact) mass is 466 g/mol. The van der Waals surface area contributed by atoms with E-state index in [1.165, 1.54) is 10.7 Å². The average molecular weight is 467 g/mol. The number of ether oxygens (including phenoxy) is 3. The largest absolute Gasteiger partial charge is 0.493 e. The van der Waals surface area contributed by atoms with Gasteiger partial charge in [-0.25, -0.2) is 4.79 Å². The Morgan fingerprint density at radius 3 is 2.29 bits per heavy atom. The van der Waals surface area contributed by atoms with E-state index >= 15 is 0 Å². The third-order valence-electron chi connectivity index (χ3n) is 6.47. The molecule has 2 aliphatic heterocycles. The lowest BCUT2D eigenvalue weighted by Gasteiger charge is -2.34. The quantitative estimate of drug-likeness (QED) is 0.671. The standard InChI is InChI=1S/C26H34N4O4/c1-6-34-26(31)30-18(2)15-20-16-23(32-4)24(33-5)17-22(20)25(27-30)19-7-9-21(10-8-19)29-13-11-28(3)12-14-29/h7-10,16-18H,6,11-15H2,1-5H3. The van der Waals surface area contributed by atoms with Crippen LogP contribution in [0, 0.1) is 0 Å². The minimum absolute atomic E-state index is 0.182. The summed E-state index contributed by atoms with van der Waals surface area (Å²) in [6, 6.07) is 12.2. The molecule has 34 heavy (non-hydrogen) atoms. The van der Waals surface area contributed by atoms with E-state index < -0.39 is 6.09 Å². The summed E-state index contributed by atoms with van der Waals surface area (Å²) in [7, 11) is 5.40. The Labute approximate surface area is 201 Å². The lowest BCUT2D eigenvalue weighted by atomic mass is 9.94. The van der Waals surface area contributed by atoms with Crippen LogP contribution in [-0.2, 0) is 11.2 Å². The SMILES string of the molecule is CCOC(=O)N1N=C(c2ccc(N3CCN(C)CC3)cc2)c2cc(OC)c(OC)cc2CC1C. The van der Waals surface area contributed by atoms with Gasteiger partial charge < -0.3 is 24.0 Å². The highest BCUT2D eigenvalue weighted by Crippen LogP contribution is 2.35. The van der Waals surface area contributed by atoms with Gasteiger partial charge in [0.1, 0.15) is 0 Å². The molecule has 0 spiro atoms. The number of nitrogens with zero attached hydrogens (tertiary/aromatic N) is 4. The van der Waals surface area contributed by atoms with E-state index in [0.29, 0.717) is 30.2 Å². The van der Waals surface area contributed by atoms with Gasteiger partial charge >= 0.3 is 6.09 Å². The first-order valence-electron chi connectivity index (χ1n) is 11.8. The van der Waals surface area contributed by atoms with Crippen LogP contribution < -0.4 is 14.4 Å². The fourth-order valence-corrected chi connectivity index (χ4v) is 4.49. The second-order valence-electron chi connectivity index (χ2n) is 8.75. The van der Waals surface area contributed by atoms with Gasteiger partial charge in [-0.2, -0.15) is 10.1 Å². The number of anilines is 1. The molecule has 1 fully saturated rings. The topological polar surface area (TPSA) is 66.8 Å². The van der Waals surface area contributed by atoms with Gasteiger partial charge in [-0.05, 0) is 57.1 Å². The molecule has 2 aliphatic rings. The second kappa shape index (κ2) is 10.3. The van der Waals surface area contributed by atoms with Crippen molar-refractivity contribution in [1.29, 1.82) is 0 Å². The Morgan fingerprint density at radius 1 is 1.03 bits per heavy atom. The number of benzene rings is 2. The molecule has 1 saturated heterocycles. The molecule has 0 saturated carbocycles. The molecule has 8 heteroatoms. The van der Waals surface area contributed by atoms with Crippen LogP contribution in [0.15, 0.2) is 41.5 Å². The molecule has 0 bridgehead atoms.